The van der Waals surface area contributed by atoms with Gasteiger partial charge >= 0.3 is 0 Å². The third-order valence-corrected chi connectivity index (χ3v) is 5.10. The Bertz CT molecular complexity index is 985. The van der Waals surface area contributed by atoms with Crippen molar-refractivity contribution in [3.63, 3.8) is 0 Å². The molecule has 0 saturated carbocycles. The van der Waals surface area contributed by atoms with Crippen LogP contribution >= 0.6 is 0 Å². The van der Waals surface area contributed by atoms with Gasteiger partial charge in [-0.05, 0) is 55.2 Å². The number of hydrogen-bond acceptors (Lipinski definition) is 5. The molecule has 0 aliphatic carbocycles. The molecule has 3 rings (SSSR count). The van der Waals surface area contributed by atoms with Gasteiger partial charge in [0.15, 0.2) is 0 Å². The summed E-state index contributed by atoms with van der Waals surface area (Å²) in [4.78, 5) is 13.6. The van der Waals surface area contributed by atoms with Gasteiger partial charge in [0.25, 0.3) is 0 Å². The predicted octanol–water partition coefficient (Wildman–Crippen LogP) is 3.49. The van der Waals surface area contributed by atoms with E-state index in [2.05, 4.69) is 9.97 Å². The van der Waals surface area contributed by atoms with Crippen LogP contribution in [0.3, 0.4) is 0 Å². The van der Waals surface area contributed by atoms with Crippen LogP contribution in [0, 0.1) is 6.92 Å². The van der Waals surface area contributed by atoms with Crippen molar-refractivity contribution in [1.82, 2.24) is 15.0 Å². The van der Waals surface area contributed by atoms with E-state index < -0.39 is 9.84 Å². The Hall–Kier alpha value is -2.60. The Kier molecular flexibility index (Phi) is 5.42. The quantitative estimate of drug-likeness (QED) is 0.667. The lowest BCUT2D eigenvalue weighted by atomic mass is 10.1. The summed E-state index contributed by atoms with van der Waals surface area (Å²) in [6, 6.07) is 13.6. The third-order valence-electron chi connectivity index (χ3n) is 4.07. The van der Waals surface area contributed by atoms with Crippen molar-refractivity contribution in [3.05, 3.63) is 66.0 Å². The van der Waals surface area contributed by atoms with Crippen molar-refractivity contribution in [2.75, 3.05) is 12.0 Å². The van der Waals surface area contributed by atoms with Crippen LogP contribution < -0.4 is 0 Å². The van der Waals surface area contributed by atoms with Crippen molar-refractivity contribution >= 4 is 9.84 Å². The predicted molar refractivity (Wildman–Crippen MR) is 103 cm³/mol. The lowest BCUT2D eigenvalue weighted by Crippen LogP contribution is -2.04. The van der Waals surface area contributed by atoms with Crippen LogP contribution in [-0.4, -0.2) is 35.4 Å². The Morgan fingerprint density at radius 2 is 1.73 bits per heavy atom. The third kappa shape index (κ3) is 4.73. The molecule has 0 N–H and O–H groups in total. The topological polar surface area (TPSA) is 72.8 Å². The minimum absolute atomic E-state index is 0.196. The minimum Gasteiger partial charge on any atom is -0.255 e. The van der Waals surface area contributed by atoms with Crippen LogP contribution in [0.15, 0.2) is 54.9 Å². The SMILES string of the molecule is Cc1ccc(-c2ccc(CCCS(C)(=O)=O)cn2)nc1-c1ccccn1. The number of aromatic nitrogens is 3. The highest BCUT2D eigenvalue weighted by Gasteiger charge is 2.09. The van der Waals surface area contributed by atoms with Crippen LogP contribution in [0.5, 0.6) is 0 Å². The average molecular weight is 367 g/mol. The van der Waals surface area contributed by atoms with Gasteiger partial charge in [-0.15, -0.1) is 0 Å². The first-order valence-electron chi connectivity index (χ1n) is 8.44. The number of rotatable bonds is 6. The molecule has 3 aromatic heterocycles. The summed E-state index contributed by atoms with van der Waals surface area (Å²) in [7, 11) is -2.92. The first-order chi connectivity index (χ1) is 12.4. The van der Waals surface area contributed by atoms with Gasteiger partial charge in [-0.2, -0.15) is 0 Å². The summed E-state index contributed by atoms with van der Waals surface area (Å²) in [6.45, 7) is 2.01. The zero-order valence-corrected chi connectivity index (χ0v) is 15.7. The smallest absolute Gasteiger partial charge is 0.147 e. The second-order valence-electron chi connectivity index (χ2n) is 6.36. The fraction of sp³-hybridized carbons (Fsp3) is 0.250. The van der Waals surface area contributed by atoms with E-state index in [-0.39, 0.29) is 5.75 Å². The van der Waals surface area contributed by atoms with Gasteiger partial charge in [-0.1, -0.05) is 18.2 Å². The van der Waals surface area contributed by atoms with Gasteiger partial charge in [0.2, 0.25) is 0 Å². The largest absolute Gasteiger partial charge is 0.255 e. The van der Waals surface area contributed by atoms with Crippen molar-refractivity contribution in [1.29, 1.82) is 0 Å². The van der Waals surface area contributed by atoms with E-state index >= 15 is 0 Å². The molecular weight excluding hydrogens is 346 g/mol. The van der Waals surface area contributed by atoms with Gasteiger partial charge in [0.05, 0.1) is 28.5 Å². The van der Waals surface area contributed by atoms with Gasteiger partial charge < -0.3 is 0 Å². The fourth-order valence-electron chi connectivity index (χ4n) is 2.70. The normalized spacial score (nSPS) is 11.5. The van der Waals surface area contributed by atoms with E-state index in [1.165, 1.54) is 6.26 Å². The minimum atomic E-state index is -2.92. The van der Waals surface area contributed by atoms with Crippen molar-refractivity contribution < 1.29 is 8.42 Å². The summed E-state index contributed by atoms with van der Waals surface area (Å²) in [6.07, 6.45) is 6.11. The number of nitrogens with zero attached hydrogens (tertiary/aromatic N) is 3. The molecule has 3 heterocycles. The summed E-state index contributed by atoms with van der Waals surface area (Å²) >= 11 is 0. The maximum Gasteiger partial charge on any atom is 0.147 e. The van der Waals surface area contributed by atoms with Crippen LogP contribution in [0.2, 0.25) is 0 Å². The lowest BCUT2D eigenvalue weighted by Gasteiger charge is -2.08. The van der Waals surface area contributed by atoms with E-state index in [0.717, 1.165) is 33.9 Å². The molecule has 0 aromatic carbocycles. The van der Waals surface area contributed by atoms with Gasteiger partial charge in [0.1, 0.15) is 9.84 Å². The highest BCUT2D eigenvalue weighted by molar-refractivity contribution is 7.90. The molecule has 0 saturated heterocycles. The Balaban J connectivity index is 1.79. The molecular formula is C20H21N3O2S. The maximum absolute atomic E-state index is 11.2. The molecule has 134 valence electrons. The Labute approximate surface area is 154 Å². The first-order valence-corrected chi connectivity index (χ1v) is 10.5. The Morgan fingerprint density at radius 1 is 0.923 bits per heavy atom. The fourth-order valence-corrected chi connectivity index (χ4v) is 3.36. The molecule has 0 atom stereocenters. The number of aryl methyl sites for hydroxylation is 2. The highest BCUT2D eigenvalue weighted by Crippen LogP contribution is 2.23. The molecule has 0 spiro atoms. The average Bonchev–Trinajstić information content (AvgIpc) is 2.62. The zero-order valence-electron chi connectivity index (χ0n) is 14.9. The van der Waals surface area contributed by atoms with Gasteiger partial charge in [-0.25, -0.2) is 13.4 Å². The zero-order chi connectivity index (χ0) is 18.6. The van der Waals surface area contributed by atoms with Crippen molar-refractivity contribution in [2.45, 2.75) is 19.8 Å². The second-order valence-corrected chi connectivity index (χ2v) is 8.62. The van der Waals surface area contributed by atoms with Crippen LogP contribution in [0.1, 0.15) is 17.5 Å². The van der Waals surface area contributed by atoms with E-state index in [1.54, 1.807) is 12.4 Å². The Morgan fingerprint density at radius 3 is 2.38 bits per heavy atom. The van der Waals surface area contributed by atoms with Gasteiger partial charge in [0, 0.05) is 18.6 Å². The van der Waals surface area contributed by atoms with Crippen molar-refractivity contribution in [2.24, 2.45) is 0 Å². The summed E-state index contributed by atoms with van der Waals surface area (Å²) < 4.78 is 22.4. The standard InChI is InChI=1S/C20H21N3O2S/c1-15-8-10-18(23-20(15)19-7-3-4-12-21-19)17-11-9-16(14-22-17)6-5-13-26(2,24)25/h3-4,7-12,14H,5-6,13H2,1-2H3. The first kappa shape index (κ1) is 18.2. The molecule has 3 aromatic rings. The number of hydrogen-bond donors (Lipinski definition) is 0. The van der Waals surface area contributed by atoms with E-state index in [4.69, 9.17) is 4.98 Å². The molecule has 0 bridgehead atoms. The van der Waals surface area contributed by atoms with Crippen LogP contribution in [-0.2, 0) is 16.3 Å². The van der Waals surface area contributed by atoms with E-state index in [0.29, 0.717) is 12.8 Å². The maximum atomic E-state index is 11.2. The molecule has 6 heteroatoms. The highest BCUT2D eigenvalue weighted by atomic mass is 32.2. The monoisotopic (exact) mass is 367 g/mol. The number of sulfone groups is 1. The summed E-state index contributed by atoms with van der Waals surface area (Å²) in [5.41, 5.74) is 5.35. The summed E-state index contributed by atoms with van der Waals surface area (Å²) in [5, 5.41) is 0. The molecule has 0 aliphatic heterocycles. The second kappa shape index (κ2) is 7.74. The van der Waals surface area contributed by atoms with Crippen LogP contribution in [0.25, 0.3) is 22.8 Å². The molecule has 0 aliphatic rings. The number of pyridine rings is 3. The lowest BCUT2D eigenvalue weighted by molar-refractivity contribution is 0.599. The van der Waals surface area contributed by atoms with Crippen LogP contribution in [0.4, 0.5) is 0 Å². The molecule has 26 heavy (non-hydrogen) atoms. The van der Waals surface area contributed by atoms with Crippen molar-refractivity contribution in [3.8, 4) is 22.8 Å². The molecule has 0 amide bonds. The summed E-state index contributed by atoms with van der Waals surface area (Å²) in [5.74, 6) is 0.196. The molecule has 0 unspecified atom stereocenters. The van der Waals surface area contributed by atoms with Gasteiger partial charge in [-0.3, -0.25) is 9.97 Å². The van der Waals surface area contributed by atoms with E-state index in [1.807, 2.05) is 49.4 Å². The molecule has 0 fully saturated rings. The molecule has 5 nitrogen and oxygen atoms in total. The molecule has 0 radical (unpaired) electrons. The van der Waals surface area contributed by atoms with E-state index in [9.17, 15) is 8.42 Å².